The molecule has 3 amide bonds. The number of sulfonamides is 1. The second-order valence-electron chi connectivity index (χ2n) is 6.53. The highest BCUT2D eigenvalue weighted by atomic mass is 32.2. The standard InChI is InChI=1S/C19H20N4O7S/c20-18(25)11-7-12(19(21)26)9-13(8-11)23-17(24)3-4-22-31(27,28)14-1-2-15-16(10-14)30-6-5-29-15/h1-2,7-10,22H,3-6H2,(H2,20,25)(H2,21,26)(H,23,24). The van der Waals surface area contributed by atoms with Gasteiger partial charge in [-0.2, -0.15) is 0 Å². The number of nitrogens with one attached hydrogen (secondary N) is 2. The molecule has 0 saturated heterocycles. The van der Waals surface area contributed by atoms with Crippen LogP contribution in [0.25, 0.3) is 0 Å². The summed E-state index contributed by atoms with van der Waals surface area (Å²) in [7, 11) is -3.89. The summed E-state index contributed by atoms with van der Waals surface area (Å²) in [6.45, 7) is 0.509. The highest BCUT2D eigenvalue weighted by molar-refractivity contribution is 7.89. The van der Waals surface area contributed by atoms with Gasteiger partial charge in [0, 0.05) is 35.8 Å². The quantitative estimate of drug-likeness (QED) is 0.437. The molecule has 0 saturated carbocycles. The Hall–Kier alpha value is -3.64. The Kier molecular flexibility index (Phi) is 6.42. The van der Waals surface area contributed by atoms with Crippen molar-refractivity contribution < 1.29 is 32.3 Å². The monoisotopic (exact) mass is 448 g/mol. The van der Waals surface area contributed by atoms with E-state index in [0.717, 1.165) is 0 Å². The fraction of sp³-hybridized carbons (Fsp3) is 0.211. The van der Waals surface area contributed by atoms with E-state index in [1.165, 1.54) is 36.4 Å². The van der Waals surface area contributed by atoms with Gasteiger partial charge in [0.25, 0.3) is 0 Å². The Morgan fingerprint density at radius 2 is 1.52 bits per heavy atom. The zero-order valence-corrected chi connectivity index (χ0v) is 17.0. The van der Waals surface area contributed by atoms with Crippen molar-refractivity contribution in [2.75, 3.05) is 25.1 Å². The number of anilines is 1. The van der Waals surface area contributed by atoms with Crippen LogP contribution in [0, 0.1) is 0 Å². The van der Waals surface area contributed by atoms with Gasteiger partial charge in [-0.3, -0.25) is 14.4 Å². The Bertz CT molecular complexity index is 1120. The molecule has 1 heterocycles. The van der Waals surface area contributed by atoms with Crippen molar-refractivity contribution in [1.82, 2.24) is 4.72 Å². The summed E-state index contributed by atoms with van der Waals surface area (Å²) in [6, 6.07) is 7.99. The number of ether oxygens (including phenoxy) is 2. The van der Waals surface area contributed by atoms with Crippen molar-refractivity contribution in [3.63, 3.8) is 0 Å². The summed E-state index contributed by atoms with van der Waals surface area (Å²) in [5.41, 5.74) is 10.5. The second kappa shape index (κ2) is 9.02. The predicted molar refractivity (Wildman–Crippen MR) is 109 cm³/mol. The van der Waals surface area contributed by atoms with Gasteiger partial charge in [0.05, 0.1) is 4.90 Å². The lowest BCUT2D eigenvalue weighted by Crippen LogP contribution is -2.28. The van der Waals surface area contributed by atoms with Gasteiger partial charge in [-0.25, -0.2) is 13.1 Å². The van der Waals surface area contributed by atoms with Gasteiger partial charge in [-0.1, -0.05) is 0 Å². The molecule has 0 aromatic heterocycles. The maximum absolute atomic E-state index is 12.5. The number of nitrogens with two attached hydrogens (primary N) is 2. The van der Waals surface area contributed by atoms with Crippen LogP contribution in [0.2, 0.25) is 0 Å². The number of hydrogen-bond acceptors (Lipinski definition) is 7. The number of hydrogen-bond donors (Lipinski definition) is 4. The lowest BCUT2D eigenvalue weighted by molar-refractivity contribution is -0.116. The molecule has 11 nitrogen and oxygen atoms in total. The molecule has 0 unspecified atom stereocenters. The predicted octanol–water partition coefficient (Wildman–Crippen LogP) is -0.0373. The summed E-state index contributed by atoms with van der Waals surface area (Å²) >= 11 is 0. The van der Waals surface area contributed by atoms with Crippen LogP contribution in [0.4, 0.5) is 5.69 Å². The Labute approximate surface area is 177 Å². The van der Waals surface area contributed by atoms with Crippen molar-refractivity contribution >= 4 is 33.4 Å². The molecule has 0 fully saturated rings. The Balaban J connectivity index is 1.61. The third-order valence-corrected chi connectivity index (χ3v) is 5.71. The number of carbonyl (C=O) groups is 3. The van der Waals surface area contributed by atoms with Gasteiger partial charge in [-0.05, 0) is 30.3 Å². The van der Waals surface area contributed by atoms with E-state index in [1.54, 1.807) is 0 Å². The average Bonchev–Trinajstić information content (AvgIpc) is 2.72. The van der Waals surface area contributed by atoms with Crippen LogP contribution in [0.1, 0.15) is 27.1 Å². The number of fused-ring (bicyclic) bond motifs is 1. The van der Waals surface area contributed by atoms with Crippen molar-refractivity contribution in [3.05, 3.63) is 47.5 Å². The molecule has 12 heteroatoms. The van der Waals surface area contributed by atoms with E-state index in [2.05, 4.69) is 10.0 Å². The zero-order chi connectivity index (χ0) is 22.6. The summed E-state index contributed by atoms with van der Waals surface area (Å²) < 4.78 is 38.0. The van der Waals surface area contributed by atoms with Gasteiger partial charge < -0.3 is 26.3 Å². The molecule has 3 rings (SSSR count). The average molecular weight is 448 g/mol. The zero-order valence-electron chi connectivity index (χ0n) is 16.2. The van der Waals surface area contributed by atoms with E-state index in [4.69, 9.17) is 20.9 Å². The first kappa shape index (κ1) is 22.1. The minimum Gasteiger partial charge on any atom is -0.486 e. The molecule has 0 spiro atoms. The molecule has 1 aliphatic rings. The number of rotatable bonds is 8. The molecule has 0 atom stereocenters. The van der Waals surface area contributed by atoms with E-state index < -0.39 is 27.7 Å². The third kappa shape index (κ3) is 5.49. The normalized spacial score (nSPS) is 12.8. The lowest BCUT2D eigenvalue weighted by atomic mass is 10.1. The van der Waals surface area contributed by atoms with Crippen molar-refractivity contribution in [2.45, 2.75) is 11.3 Å². The molecular weight excluding hydrogens is 428 g/mol. The van der Waals surface area contributed by atoms with Crippen LogP contribution < -0.4 is 31.0 Å². The van der Waals surface area contributed by atoms with Crippen molar-refractivity contribution in [3.8, 4) is 11.5 Å². The van der Waals surface area contributed by atoms with E-state index in [0.29, 0.717) is 24.7 Å². The highest BCUT2D eigenvalue weighted by Crippen LogP contribution is 2.32. The van der Waals surface area contributed by atoms with E-state index in [-0.39, 0.29) is 34.7 Å². The molecule has 2 aromatic carbocycles. The first-order valence-corrected chi connectivity index (χ1v) is 10.6. The smallest absolute Gasteiger partial charge is 0.248 e. The molecule has 0 radical (unpaired) electrons. The van der Waals surface area contributed by atoms with Gasteiger partial charge in [-0.15, -0.1) is 0 Å². The lowest BCUT2D eigenvalue weighted by Gasteiger charge is -2.18. The minimum absolute atomic E-state index is 0.00842. The topological polar surface area (TPSA) is 180 Å². The summed E-state index contributed by atoms with van der Waals surface area (Å²) in [4.78, 5) is 34.9. The maximum atomic E-state index is 12.5. The van der Waals surface area contributed by atoms with Crippen molar-refractivity contribution in [2.24, 2.45) is 11.5 Å². The fourth-order valence-corrected chi connectivity index (χ4v) is 3.83. The van der Waals surface area contributed by atoms with Crippen LogP contribution in [-0.2, 0) is 14.8 Å². The Morgan fingerprint density at radius 1 is 0.903 bits per heavy atom. The highest BCUT2D eigenvalue weighted by Gasteiger charge is 2.19. The molecule has 2 aromatic rings. The SMILES string of the molecule is NC(=O)c1cc(NC(=O)CCNS(=O)(=O)c2ccc3c(c2)OCCO3)cc(C(N)=O)c1. The summed E-state index contributed by atoms with van der Waals surface area (Å²) in [6.07, 6.45) is -0.212. The number of amides is 3. The molecular formula is C19H20N4O7S. The van der Waals surface area contributed by atoms with E-state index in [1.807, 2.05) is 0 Å². The van der Waals surface area contributed by atoms with Gasteiger partial charge in [0.15, 0.2) is 11.5 Å². The number of carbonyl (C=O) groups excluding carboxylic acids is 3. The van der Waals surface area contributed by atoms with E-state index in [9.17, 15) is 22.8 Å². The van der Waals surface area contributed by atoms with Gasteiger partial charge in [0.2, 0.25) is 27.7 Å². The van der Waals surface area contributed by atoms with E-state index >= 15 is 0 Å². The van der Waals surface area contributed by atoms with Crippen LogP contribution >= 0.6 is 0 Å². The molecule has 0 aliphatic carbocycles. The number of benzene rings is 2. The molecule has 164 valence electrons. The molecule has 6 N–H and O–H groups in total. The fourth-order valence-electron chi connectivity index (χ4n) is 2.78. The van der Waals surface area contributed by atoms with Crippen LogP contribution in [0.15, 0.2) is 41.3 Å². The van der Waals surface area contributed by atoms with Gasteiger partial charge in [0.1, 0.15) is 13.2 Å². The summed E-state index contributed by atoms with van der Waals surface area (Å²) in [5.74, 6) is -1.37. The first-order valence-electron chi connectivity index (χ1n) is 9.09. The van der Waals surface area contributed by atoms with Crippen LogP contribution in [-0.4, -0.2) is 45.9 Å². The maximum Gasteiger partial charge on any atom is 0.248 e. The summed E-state index contributed by atoms with van der Waals surface area (Å²) in [5, 5.41) is 2.47. The van der Waals surface area contributed by atoms with Gasteiger partial charge >= 0.3 is 0 Å². The largest absolute Gasteiger partial charge is 0.486 e. The van der Waals surface area contributed by atoms with Crippen molar-refractivity contribution in [1.29, 1.82) is 0 Å². The van der Waals surface area contributed by atoms with Crippen LogP contribution in [0.5, 0.6) is 11.5 Å². The molecule has 31 heavy (non-hydrogen) atoms. The third-order valence-electron chi connectivity index (χ3n) is 4.25. The number of primary amides is 2. The minimum atomic E-state index is -3.89. The molecule has 1 aliphatic heterocycles. The second-order valence-corrected chi connectivity index (χ2v) is 8.30. The first-order chi connectivity index (χ1) is 14.7. The molecule has 0 bridgehead atoms. The Morgan fingerprint density at radius 3 is 2.13 bits per heavy atom. The van der Waals surface area contributed by atoms with Crippen LogP contribution in [0.3, 0.4) is 0 Å².